The lowest BCUT2D eigenvalue weighted by Crippen LogP contribution is -2.41. The molecule has 1 heterocycles. The van der Waals surface area contributed by atoms with Crippen LogP contribution in [-0.4, -0.2) is 16.8 Å². The highest BCUT2D eigenvalue weighted by Gasteiger charge is 2.09. The molecule has 2 N–H and O–H groups in total. The first-order valence-electron chi connectivity index (χ1n) is 8.22. The zero-order valence-electron chi connectivity index (χ0n) is 14.5. The summed E-state index contributed by atoms with van der Waals surface area (Å²) in [6.45, 7) is 0. The van der Waals surface area contributed by atoms with Crippen molar-refractivity contribution in [1.29, 1.82) is 0 Å². The summed E-state index contributed by atoms with van der Waals surface area (Å²) >= 11 is 1.34. The van der Waals surface area contributed by atoms with Crippen molar-refractivity contribution in [2.45, 2.75) is 6.42 Å². The molecule has 3 rings (SSSR count). The summed E-state index contributed by atoms with van der Waals surface area (Å²) in [5, 5.41) is 2.41. The van der Waals surface area contributed by atoms with Gasteiger partial charge in [-0.25, -0.2) is 13.8 Å². The number of nitrogens with zero attached hydrogens (tertiary/aromatic N) is 1. The van der Waals surface area contributed by atoms with Crippen LogP contribution in [0.4, 0.5) is 8.78 Å². The summed E-state index contributed by atoms with van der Waals surface area (Å²) in [5.74, 6) is -1.65. The average molecular weight is 399 g/mol. The molecule has 2 amide bonds. The van der Waals surface area contributed by atoms with Gasteiger partial charge < -0.3 is 0 Å². The Morgan fingerprint density at radius 2 is 1.61 bits per heavy atom. The number of hydrogen-bond donors (Lipinski definition) is 2. The van der Waals surface area contributed by atoms with Gasteiger partial charge in [-0.3, -0.25) is 20.4 Å². The van der Waals surface area contributed by atoms with Gasteiger partial charge in [0.15, 0.2) is 0 Å². The van der Waals surface area contributed by atoms with Gasteiger partial charge in [0, 0.05) is 17.0 Å². The number of nitrogens with one attached hydrogen (secondary N) is 2. The fraction of sp³-hybridized carbons (Fsp3) is 0.0500. The number of benzene rings is 2. The highest BCUT2D eigenvalue weighted by molar-refractivity contribution is 7.13. The van der Waals surface area contributed by atoms with Crippen LogP contribution in [0.5, 0.6) is 0 Å². The van der Waals surface area contributed by atoms with E-state index < -0.39 is 11.8 Å². The van der Waals surface area contributed by atoms with Crippen LogP contribution in [0.1, 0.15) is 11.3 Å². The summed E-state index contributed by atoms with van der Waals surface area (Å²) in [6, 6.07) is 11.5. The second kappa shape index (κ2) is 9.01. The first-order valence-corrected chi connectivity index (χ1v) is 9.10. The molecule has 0 aliphatic heterocycles. The SMILES string of the molecule is O=C(/C=C/c1ccc(F)cc1)NNC(=O)Cc1csc(-c2ccc(F)cc2)n1. The molecule has 0 saturated heterocycles. The quantitative estimate of drug-likeness (QED) is 0.510. The Morgan fingerprint density at radius 3 is 2.29 bits per heavy atom. The maximum Gasteiger partial charge on any atom is 0.262 e. The van der Waals surface area contributed by atoms with Gasteiger partial charge >= 0.3 is 0 Å². The molecule has 2 aromatic carbocycles. The van der Waals surface area contributed by atoms with Gasteiger partial charge in [0.25, 0.3) is 5.91 Å². The number of carbonyl (C=O) groups is 2. The largest absolute Gasteiger partial charge is 0.273 e. The monoisotopic (exact) mass is 399 g/mol. The van der Waals surface area contributed by atoms with Crippen LogP contribution < -0.4 is 10.9 Å². The van der Waals surface area contributed by atoms with E-state index in [9.17, 15) is 18.4 Å². The molecule has 8 heteroatoms. The molecule has 0 bridgehead atoms. The Morgan fingerprint density at radius 1 is 0.964 bits per heavy atom. The van der Waals surface area contributed by atoms with Crippen molar-refractivity contribution in [3.05, 3.63) is 82.9 Å². The second-order valence-corrected chi connectivity index (χ2v) is 6.61. The van der Waals surface area contributed by atoms with Gasteiger partial charge in [0.05, 0.1) is 12.1 Å². The van der Waals surface area contributed by atoms with Crippen LogP contribution >= 0.6 is 11.3 Å². The number of hydrazine groups is 1. The third-order valence-electron chi connectivity index (χ3n) is 3.61. The Hall–Kier alpha value is -3.39. The molecular weight excluding hydrogens is 384 g/mol. The summed E-state index contributed by atoms with van der Waals surface area (Å²) in [5.41, 5.74) is 6.51. The number of rotatable bonds is 5. The molecule has 5 nitrogen and oxygen atoms in total. The topological polar surface area (TPSA) is 71.1 Å². The van der Waals surface area contributed by atoms with E-state index in [4.69, 9.17) is 0 Å². The van der Waals surface area contributed by atoms with Crippen LogP contribution in [0.15, 0.2) is 60.0 Å². The molecule has 0 spiro atoms. The normalized spacial score (nSPS) is 10.8. The van der Waals surface area contributed by atoms with Crippen LogP contribution in [0.25, 0.3) is 16.6 Å². The van der Waals surface area contributed by atoms with Gasteiger partial charge in [0.2, 0.25) is 5.91 Å². The van der Waals surface area contributed by atoms with Crippen LogP contribution in [0, 0.1) is 11.6 Å². The van der Waals surface area contributed by atoms with Gasteiger partial charge in [-0.15, -0.1) is 11.3 Å². The standard InChI is InChI=1S/C20H15F2N3O2S/c21-15-6-1-13(2-7-15)3-10-18(26)24-25-19(27)11-17-12-28-20(23-17)14-4-8-16(22)9-5-14/h1-10,12H,11H2,(H,24,26)(H,25,27)/b10-3+. The lowest BCUT2D eigenvalue weighted by molar-refractivity contribution is -0.126. The fourth-order valence-corrected chi connectivity index (χ4v) is 3.07. The molecule has 28 heavy (non-hydrogen) atoms. The third-order valence-corrected chi connectivity index (χ3v) is 4.55. The Balaban J connectivity index is 1.48. The van der Waals surface area contributed by atoms with Crippen LogP contribution in [-0.2, 0) is 16.0 Å². The highest BCUT2D eigenvalue weighted by atomic mass is 32.1. The molecule has 0 radical (unpaired) electrons. The number of amides is 2. The second-order valence-electron chi connectivity index (χ2n) is 5.75. The minimum absolute atomic E-state index is 0.0142. The van der Waals surface area contributed by atoms with Crippen molar-refractivity contribution in [3.8, 4) is 10.6 Å². The van der Waals surface area contributed by atoms with Gasteiger partial charge in [0.1, 0.15) is 16.6 Å². The summed E-state index contributed by atoms with van der Waals surface area (Å²) in [6.07, 6.45) is 2.71. The zero-order chi connectivity index (χ0) is 19.9. The summed E-state index contributed by atoms with van der Waals surface area (Å²) in [4.78, 5) is 28.0. The lowest BCUT2D eigenvalue weighted by atomic mass is 10.2. The Kier molecular flexibility index (Phi) is 6.23. The molecule has 0 saturated carbocycles. The maximum absolute atomic E-state index is 13.0. The van der Waals surface area contributed by atoms with E-state index in [1.54, 1.807) is 17.5 Å². The van der Waals surface area contributed by atoms with Crippen molar-refractivity contribution >= 4 is 29.2 Å². The number of carbonyl (C=O) groups excluding carboxylic acids is 2. The molecule has 0 aliphatic rings. The molecule has 0 fully saturated rings. The van der Waals surface area contributed by atoms with Crippen molar-refractivity contribution in [2.75, 3.05) is 0 Å². The lowest BCUT2D eigenvalue weighted by Gasteiger charge is -2.03. The zero-order valence-corrected chi connectivity index (χ0v) is 15.3. The molecule has 0 aliphatic carbocycles. The molecule has 0 atom stereocenters. The van der Waals surface area contributed by atoms with E-state index in [0.29, 0.717) is 16.3 Å². The summed E-state index contributed by atoms with van der Waals surface area (Å²) in [7, 11) is 0. The first-order chi connectivity index (χ1) is 13.5. The Bertz CT molecular complexity index is 999. The summed E-state index contributed by atoms with van der Waals surface area (Å²) < 4.78 is 25.8. The van der Waals surface area contributed by atoms with Crippen molar-refractivity contribution in [1.82, 2.24) is 15.8 Å². The highest BCUT2D eigenvalue weighted by Crippen LogP contribution is 2.24. The smallest absolute Gasteiger partial charge is 0.262 e. The van der Waals surface area contributed by atoms with Crippen molar-refractivity contribution < 1.29 is 18.4 Å². The predicted octanol–water partition coefficient (Wildman–Crippen LogP) is 3.49. The number of aromatic nitrogens is 1. The number of halogens is 2. The van der Waals surface area contributed by atoms with E-state index in [0.717, 1.165) is 5.56 Å². The van der Waals surface area contributed by atoms with Crippen LogP contribution in [0.2, 0.25) is 0 Å². The van der Waals surface area contributed by atoms with Crippen molar-refractivity contribution in [2.24, 2.45) is 0 Å². The third kappa shape index (κ3) is 5.55. The molecule has 1 aromatic heterocycles. The van der Waals surface area contributed by atoms with E-state index in [2.05, 4.69) is 15.8 Å². The minimum atomic E-state index is -0.525. The van der Waals surface area contributed by atoms with Gasteiger partial charge in [-0.05, 0) is 48.0 Å². The van der Waals surface area contributed by atoms with E-state index in [-0.39, 0.29) is 18.1 Å². The predicted molar refractivity (Wildman–Crippen MR) is 103 cm³/mol. The van der Waals surface area contributed by atoms with E-state index >= 15 is 0 Å². The van der Waals surface area contributed by atoms with Gasteiger partial charge in [-0.1, -0.05) is 12.1 Å². The molecule has 3 aromatic rings. The van der Waals surface area contributed by atoms with Gasteiger partial charge in [-0.2, -0.15) is 0 Å². The molecular formula is C20H15F2N3O2S. The molecule has 0 unspecified atom stereocenters. The number of hydrogen-bond acceptors (Lipinski definition) is 4. The maximum atomic E-state index is 13.0. The fourth-order valence-electron chi connectivity index (χ4n) is 2.24. The minimum Gasteiger partial charge on any atom is -0.273 e. The average Bonchev–Trinajstić information content (AvgIpc) is 3.15. The molecule has 142 valence electrons. The van der Waals surface area contributed by atoms with E-state index in [1.165, 1.54) is 59.9 Å². The Labute approximate surface area is 163 Å². The van der Waals surface area contributed by atoms with Crippen molar-refractivity contribution in [3.63, 3.8) is 0 Å². The first kappa shape index (κ1) is 19.4. The van der Waals surface area contributed by atoms with E-state index in [1.807, 2.05) is 0 Å². The van der Waals surface area contributed by atoms with Crippen LogP contribution in [0.3, 0.4) is 0 Å². The number of thiazole rings is 1.